The van der Waals surface area contributed by atoms with Crippen LogP contribution in [-0.4, -0.2) is 25.6 Å². The molecular weight excluding hydrogens is 392 g/mol. The fourth-order valence-corrected chi connectivity index (χ4v) is 3.74. The molecule has 26 heavy (non-hydrogen) atoms. The molecule has 1 heterocycles. The van der Waals surface area contributed by atoms with Crippen LogP contribution in [0, 0.1) is 0 Å². The lowest BCUT2D eigenvalue weighted by Crippen LogP contribution is -2.22. The van der Waals surface area contributed by atoms with Crippen LogP contribution in [0.2, 0.25) is 5.02 Å². The molecule has 0 aliphatic carbocycles. The molecule has 5 nitrogen and oxygen atoms in total. The van der Waals surface area contributed by atoms with Gasteiger partial charge >= 0.3 is 0 Å². The highest BCUT2D eigenvalue weighted by molar-refractivity contribution is 7.90. The maximum absolute atomic E-state index is 12.3. The lowest BCUT2D eigenvalue weighted by atomic mass is 10.2. The number of nitrogens with one attached hydrogen (secondary N) is 1. The summed E-state index contributed by atoms with van der Waals surface area (Å²) < 4.78 is 22.9. The first kappa shape index (κ1) is 18.6. The summed E-state index contributed by atoms with van der Waals surface area (Å²) in [5.74, 6) is -0.276. The van der Waals surface area contributed by atoms with Crippen molar-refractivity contribution in [2.75, 3.05) is 6.26 Å². The van der Waals surface area contributed by atoms with Gasteiger partial charge in [-0.15, -0.1) is 11.3 Å². The van der Waals surface area contributed by atoms with Crippen molar-refractivity contribution in [3.05, 3.63) is 69.5 Å². The van der Waals surface area contributed by atoms with E-state index in [4.69, 9.17) is 11.6 Å². The molecule has 0 radical (unpaired) electrons. The van der Waals surface area contributed by atoms with Gasteiger partial charge in [-0.1, -0.05) is 35.9 Å². The summed E-state index contributed by atoms with van der Waals surface area (Å²) >= 11 is 7.14. The summed E-state index contributed by atoms with van der Waals surface area (Å²) in [6, 6.07) is 13.7. The molecule has 3 rings (SSSR count). The summed E-state index contributed by atoms with van der Waals surface area (Å²) in [6.45, 7) is 0.290. The number of hydrogen-bond acceptors (Lipinski definition) is 5. The Hall–Kier alpha value is -2.22. The molecule has 0 aliphatic heterocycles. The molecule has 3 aromatic rings. The number of hydrogen-bond donors (Lipinski definition) is 1. The van der Waals surface area contributed by atoms with Crippen LogP contribution in [0.4, 0.5) is 0 Å². The van der Waals surface area contributed by atoms with E-state index in [1.165, 1.54) is 23.5 Å². The van der Waals surface area contributed by atoms with Gasteiger partial charge in [-0.25, -0.2) is 13.4 Å². The van der Waals surface area contributed by atoms with E-state index in [1.54, 1.807) is 24.3 Å². The van der Waals surface area contributed by atoms with Crippen molar-refractivity contribution in [3.63, 3.8) is 0 Å². The third-order valence-electron chi connectivity index (χ3n) is 3.64. The summed E-state index contributed by atoms with van der Waals surface area (Å²) in [5.41, 5.74) is 2.41. The quantitative estimate of drug-likeness (QED) is 0.699. The maximum Gasteiger partial charge on any atom is 0.280 e. The van der Waals surface area contributed by atoms with Crippen molar-refractivity contribution < 1.29 is 13.2 Å². The molecule has 0 saturated heterocycles. The van der Waals surface area contributed by atoms with Crippen molar-refractivity contribution in [1.82, 2.24) is 10.3 Å². The van der Waals surface area contributed by atoms with Crippen molar-refractivity contribution in [1.29, 1.82) is 0 Å². The van der Waals surface area contributed by atoms with Crippen LogP contribution < -0.4 is 5.32 Å². The van der Waals surface area contributed by atoms with Gasteiger partial charge in [0.2, 0.25) is 0 Å². The van der Waals surface area contributed by atoms with E-state index in [0.29, 0.717) is 22.3 Å². The van der Waals surface area contributed by atoms with Gasteiger partial charge < -0.3 is 5.32 Å². The molecule has 0 unspecified atom stereocenters. The van der Waals surface area contributed by atoms with Crippen LogP contribution in [0.3, 0.4) is 0 Å². The number of amides is 1. The second-order valence-corrected chi connectivity index (χ2v) is 8.95. The van der Waals surface area contributed by atoms with Crippen LogP contribution >= 0.6 is 22.9 Å². The number of thiazole rings is 1. The fraction of sp³-hybridized carbons (Fsp3) is 0.111. The first-order valence-corrected chi connectivity index (χ1v) is 10.8. The number of carbonyl (C=O) groups is 1. The number of halogens is 1. The molecular formula is C18H15ClN2O3S2. The number of aromatic nitrogens is 1. The first-order valence-electron chi connectivity index (χ1n) is 7.61. The van der Waals surface area contributed by atoms with Gasteiger partial charge in [0, 0.05) is 28.8 Å². The molecule has 0 spiro atoms. The van der Waals surface area contributed by atoms with Gasteiger partial charge in [-0.3, -0.25) is 4.79 Å². The molecule has 1 amide bonds. The smallest absolute Gasteiger partial charge is 0.280 e. The molecule has 0 aliphatic rings. The maximum atomic E-state index is 12.3. The first-order chi connectivity index (χ1) is 12.3. The van der Waals surface area contributed by atoms with E-state index in [2.05, 4.69) is 10.3 Å². The Labute approximate surface area is 160 Å². The summed E-state index contributed by atoms with van der Waals surface area (Å²) in [4.78, 5) is 16.9. The second kappa shape index (κ2) is 7.57. The molecule has 1 aromatic heterocycles. The molecule has 1 N–H and O–H groups in total. The lowest BCUT2D eigenvalue weighted by Gasteiger charge is -2.04. The van der Waals surface area contributed by atoms with Gasteiger partial charge in [0.1, 0.15) is 0 Å². The van der Waals surface area contributed by atoms with Crippen LogP contribution in [0.1, 0.15) is 15.4 Å². The molecule has 0 bridgehead atoms. The lowest BCUT2D eigenvalue weighted by molar-refractivity contribution is 0.0950. The van der Waals surface area contributed by atoms with E-state index >= 15 is 0 Å². The Morgan fingerprint density at radius 3 is 2.38 bits per heavy atom. The van der Waals surface area contributed by atoms with Crippen molar-refractivity contribution in [2.24, 2.45) is 0 Å². The van der Waals surface area contributed by atoms with Crippen molar-refractivity contribution >= 4 is 38.7 Å². The molecule has 0 fully saturated rings. The number of nitrogens with zero attached hydrogens (tertiary/aromatic N) is 1. The Bertz CT molecular complexity index is 1030. The monoisotopic (exact) mass is 406 g/mol. The minimum Gasteiger partial charge on any atom is -0.346 e. The normalized spacial score (nSPS) is 11.3. The average Bonchev–Trinajstić information content (AvgIpc) is 3.10. The van der Waals surface area contributed by atoms with Gasteiger partial charge in [-0.05, 0) is 29.8 Å². The minimum absolute atomic E-state index is 0.250. The zero-order valence-corrected chi connectivity index (χ0v) is 16.2. The fourth-order valence-electron chi connectivity index (χ4n) is 2.24. The molecule has 134 valence electrons. The Kier molecular flexibility index (Phi) is 5.41. The van der Waals surface area contributed by atoms with Gasteiger partial charge in [-0.2, -0.15) is 0 Å². The number of carbonyl (C=O) groups excluding carboxylic acids is 1. The highest BCUT2D eigenvalue weighted by Gasteiger charge is 2.12. The predicted molar refractivity (Wildman–Crippen MR) is 103 cm³/mol. The predicted octanol–water partition coefficient (Wildman–Crippen LogP) is 3.80. The molecule has 2 aromatic carbocycles. The standard InChI is InChI=1S/C18H15ClN2O3S2/c1-26(23,24)15-8-2-12(3-9-15)10-20-17(22)18-21-16(11-25-18)13-4-6-14(19)7-5-13/h2-9,11H,10H2,1H3,(H,20,22). The third-order valence-corrected chi connectivity index (χ3v) is 5.86. The topological polar surface area (TPSA) is 76.1 Å². The minimum atomic E-state index is -3.22. The van der Waals surface area contributed by atoms with E-state index < -0.39 is 9.84 Å². The van der Waals surface area contributed by atoms with Crippen LogP contribution in [0.25, 0.3) is 11.3 Å². The van der Waals surface area contributed by atoms with Gasteiger partial charge in [0.25, 0.3) is 5.91 Å². The number of rotatable bonds is 5. The van der Waals surface area contributed by atoms with Crippen LogP contribution in [-0.2, 0) is 16.4 Å². The Morgan fingerprint density at radius 1 is 1.12 bits per heavy atom. The van der Waals surface area contributed by atoms with E-state index in [1.807, 2.05) is 17.5 Å². The van der Waals surface area contributed by atoms with Crippen molar-refractivity contribution in [2.45, 2.75) is 11.4 Å². The number of sulfone groups is 1. The van der Waals surface area contributed by atoms with Crippen LogP contribution in [0.5, 0.6) is 0 Å². The van der Waals surface area contributed by atoms with E-state index in [-0.39, 0.29) is 10.8 Å². The highest BCUT2D eigenvalue weighted by atomic mass is 35.5. The number of benzene rings is 2. The summed E-state index contributed by atoms with van der Waals surface area (Å²) in [7, 11) is -3.22. The van der Waals surface area contributed by atoms with Gasteiger partial charge in [0.15, 0.2) is 14.8 Å². The van der Waals surface area contributed by atoms with E-state index in [0.717, 1.165) is 17.4 Å². The zero-order valence-electron chi connectivity index (χ0n) is 13.8. The zero-order chi connectivity index (χ0) is 18.7. The van der Waals surface area contributed by atoms with E-state index in [9.17, 15) is 13.2 Å². The highest BCUT2D eigenvalue weighted by Crippen LogP contribution is 2.23. The molecule has 8 heteroatoms. The van der Waals surface area contributed by atoms with Crippen LogP contribution in [0.15, 0.2) is 58.8 Å². The molecule has 0 atom stereocenters. The Balaban J connectivity index is 1.64. The largest absolute Gasteiger partial charge is 0.346 e. The average molecular weight is 407 g/mol. The third kappa shape index (κ3) is 4.49. The summed E-state index contributed by atoms with van der Waals surface area (Å²) in [5, 5.41) is 5.61. The van der Waals surface area contributed by atoms with Gasteiger partial charge in [0.05, 0.1) is 10.6 Å². The van der Waals surface area contributed by atoms with Crippen molar-refractivity contribution in [3.8, 4) is 11.3 Å². The Morgan fingerprint density at radius 2 is 1.77 bits per heavy atom. The summed E-state index contributed by atoms with van der Waals surface area (Å²) in [6.07, 6.45) is 1.16. The SMILES string of the molecule is CS(=O)(=O)c1ccc(CNC(=O)c2nc(-c3ccc(Cl)cc3)cs2)cc1. The second-order valence-electron chi connectivity index (χ2n) is 5.64. The molecule has 0 saturated carbocycles.